The highest BCUT2D eigenvalue weighted by molar-refractivity contribution is 9.10. The molecule has 5 nitrogen and oxygen atoms in total. The molecule has 1 aromatic rings. The topological polar surface area (TPSA) is 57.0 Å². The summed E-state index contributed by atoms with van der Waals surface area (Å²) >= 11 is 3.16. The van der Waals surface area contributed by atoms with E-state index < -0.39 is 0 Å². The summed E-state index contributed by atoms with van der Waals surface area (Å²) in [6.45, 7) is 2.66. The zero-order chi connectivity index (χ0) is 10.6. The van der Waals surface area contributed by atoms with Crippen molar-refractivity contribution in [3.8, 4) is 0 Å². The number of Topliss-reactive ketones (excluding diaryl/α,β-unsaturated/α-hetero) is 1. The Hall–Kier alpha value is -0.750. The van der Waals surface area contributed by atoms with Crippen molar-refractivity contribution in [2.45, 2.75) is 13.3 Å². The van der Waals surface area contributed by atoms with E-state index in [4.69, 9.17) is 4.74 Å². The summed E-state index contributed by atoms with van der Waals surface area (Å²) in [5.41, 5.74) is 0.445. The van der Waals surface area contributed by atoms with Gasteiger partial charge >= 0.3 is 0 Å². The van der Waals surface area contributed by atoms with Gasteiger partial charge in [-0.25, -0.2) is 4.68 Å². The van der Waals surface area contributed by atoms with Gasteiger partial charge in [-0.15, -0.1) is 5.10 Å². The SMILES string of the molecule is CCCOCC(=O)c1c(Br)nnn1C. The molecule has 0 bridgehead atoms. The van der Waals surface area contributed by atoms with E-state index in [9.17, 15) is 4.79 Å². The van der Waals surface area contributed by atoms with Crippen molar-refractivity contribution in [2.75, 3.05) is 13.2 Å². The molecule has 0 unspecified atom stereocenters. The van der Waals surface area contributed by atoms with Crippen LogP contribution in [0.2, 0.25) is 0 Å². The largest absolute Gasteiger partial charge is 0.373 e. The van der Waals surface area contributed by atoms with Crippen molar-refractivity contribution in [3.63, 3.8) is 0 Å². The third-order valence-corrected chi connectivity index (χ3v) is 2.17. The van der Waals surface area contributed by atoms with Crippen molar-refractivity contribution >= 4 is 21.7 Å². The van der Waals surface area contributed by atoms with E-state index in [0.29, 0.717) is 16.9 Å². The number of carbonyl (C=O) groups excluding carboxylic acids is 1. The van der Waals surface area contributed by atoms with Gasteiger partial charge in [-0.05, 0) is 22.4 Å². The summed E-state index contributed by atoms with van der Waals surface area (Å²) in [5, 5.41) is 7.43. The van der Waals surface area contributed by atoms with Crippen LogP contribution in [0.5, 0.6) is 0 Å². The lowest BCUT2D eigenvalue weighted by atomic mass is 10.3. The Morgan fingerprint density at radius 2 is 2.36 bits per heavy atom. The van der Waals surface area contributed by atoms with Gasteiger partial charge in [0.25, 0.3) is 0 Å². The average Bonchev–Trinajstić information content (AvgIpc) is 2.46. The fraction of sp³-hybridized carbons (Fsp3) is 0.625. The van der Waals surface area contributed by atoms with Gasteiger partial charge in [0.15, 0.2) is 4.60 Å². The van der Waals surface area contributed by atoms with Gasteiger partial charge in [0.2, 0.25) is 5.78 Å². The van der Waals surface area contributed by atoms with Crippen LogP contribution in [0.4, 0.5) is 0 Å². The summed E-state index contributed by atoms with van der Waals surface area (Å²) in [5.74, 6) is -0.113. The lowest BCUT2D eigenvalue weighted by molar-refractivity contribution is 0.0751. The van der Waals surface area contributed by atoms with Crippen molar-refractivity contribution in [1.29, 1.82) is 0 Å². The van der Waals surface area contributed by atoms with E-state index in [1.54, 1.807) is 7.05 Å². The lowest BCUT2D eigenvalue weighted by Gasteiger charge is -2.01. The third kappa shape index (κ3) is 2.62. The fourth-order valence-electron chi connectivity index (χ4n) is 1.01. The van der Waals surface area contributed by atoms with Gasteiger partial charge < -0.3 is 4.74 Å². The molecule has 0 saturated heterocycles. The highest BCUT2D eigenvalue weighted by Gasteiger charge is 2.16. The first-order valence-electron chi connectivity index (χ1n) is 4.33. The number of ether oxygens (including phenoxy) is 1. The molecule has 1 aromatic heterocycles. The van der Waals surface area contributed by atoms with Crippen molar-refractivity contribution in [1.82, 2.24) is 15.0 Å². The minimum atomic E-state index is -0.113. The zero-order valence-corrected chi connectivity index (χ0v) is 9.74. The van der Waals surface area contributed by atoms with Crippen LogP contribution in [0.3, 0.4) is 0 Å². The van der Waals surface area contributed by atoms with Crippen LogP contribution in [0.15, 0.2) is 4.60 Å². The maximum atomic E-state index is 11.6. The Morgan fingerprint density at radius 1 is 1.64 bits per heavy atom. The second-order valence-corrected chi connectivity index (χ2v) is 3.58. The first-order valence-corrected chi connectivity index (χ1v) is 5.12. The molecular weight excluding hydrogens is 250 g/mol. The van der Waals surface area contributed by atoms with E-state index in [1.165, 1.54) is 4.68 Å². The molecule has 6 heteroatoms. The molecule has 1 heterocycles. The molecule has 1 rings (SSSR count). The van der Waals surface area contributed by atoms with Crippen LogP contribution < -0.4 is 0 Å². The highest BCUT2D eigenvalue weighted by atomic mass is 79.9. The molecular formula is C8H12BrN3O2. The van der Waals surface area contributed by atoms with Crippen LogP contribution in [-0.2, 0) is 11.8 Å². The predicted octanol–water partition coefficient (Wildman–Crippen LogP) is 1.19. The van der Waals surface area contributed by atoms with Crippen LogP contribution in [-0.4, -0.2) is 34.0 Å². The molecule has 0 aliphatic rings. The van der Waals surface area contributed by atoms with E-state index in [0.717, 1.165) is 6.42 Å². The van der Waals surface area contributed by atoms with Gasteiger partial charge in [0.1, 0.15) is 12.3 Å². The molecule has 0 aliphatic heterocycles. The third-order valence-electron chi connectivity index (χ3n) is 1.63. The van der Waals surface area contributed by atoms with E-state index in [-0.39, 0.29) is 12.4 Å². The second kappa shape index (κ2) is 5.21. The van der Waals surface area contributed by atoms with Gasteiger partial charge in [-0.1, -0.05) is 12.1 Å². The summed E-state index contributed by atoms with van der Waals surface area (Å²) in [7, 11) is 1.67. The number of halogens is 1. The minimum Gasteiger partial charge on any atom is -0.373 e. The molecule has 0 aliphatic carbocycles. The molecule has 0 fully saturated rings. The average molecular weight is 262 g/mol. The Kier molecular flexibility index (Phi) is 4.21. The van der Waals surface area contributed by atoms with Crippen LogP contribution >= 0.6 is 15.9 Å². The van der Waals surface area contributed by atoms with Crippen LogP contribution in [0.25, 0.3) is 0 Å². The first-order chi connectivity index (χ1) is 6.66. The molecule has 0 spiro atoms. The quantitative estimate of drug-likeness (QED) is 0.590. The number of ketones is 1. The second-order valence-electron chi connectivity index (χ2n) is 2.83. The van der Waals surface area contributed by atoms with Gasteiger partial charge in [-0.3, -0.25) is 4.79 Å². The predicted molar refractivity (Wildman–Crippen MR) is 54.1 cm³/mol. The maximum Gasteiger partial charge on any atom is 0.209 e. The number of aryl methyl sites for hydroxylation is 1. The highest BCUT2D eigenvalue weighted by Crippen LogP contribution is 2.12. The molecule has 78 valence electrons. The van der Waals surface area contributed by atoms with E-state index >= 15 is 0 Å². The standard InChI is InChI=1S/C8H12BrN3O2/c1-3-4-14-5-6(13)7-8(9)10-11-12(7)2/h3-5H2,1-2H3. The van der Waals surface area contributed by atoms with Crippen LogP contribution in [0.1, 0.15) is 23.8 Å². The maximum absolute atomic E-state index is 11.6. The summed E-state index contributed by atoms with van der Waals surface area (Å²) in [6, 6.07) is 0. The monoisotopic (exact) mass is 261 g/mol. The first kappa shape index (κ1) is 11.3. The Labute approximate surface area is 90.6 Å². The van der Waals surface area contributed by atoms with Crippen LogP contribution in [0, 0.1) is 0 Å². The van der Waals surface area contributed by atoms with E-state index in [1.807, 2.05) is 6.92 Å². The molecule has 14 heavy (non-hydrogen) atoms. The smallest absolute Gasteiger partial charge is 0.209 e. The molecule has 0 saturated carbocycles. The molecule has 0 aromatic carbocycles. The molecule has 0 N–H and O–H groups in total. The molecule has 0 radical (unpaired) electrons. The summed E-state index contributed by atoms with van der Waals surface area (Å²) < 4.78 is 7.03. The summed E-state index contributed by atoms with van der Waals surface area (Å²) in [4.78, 5) is 11.6. The number of rotatable bonds is 5. The van der Waals surface area contributed by atoms with Crippen molar-refractivity contribution < 1.29 is 9.53 Å². The zero-order valence-electron chi connectivity index (χ0n) is 8.16. The number of hydrogen-bond acceptors (Lipinski definition) is 4. The molecule has 0 atom stereocenters. The van der Waals surface area contributed by atoms with Gasteiger partial charge in [0, 0.05) is 13.7 Å². The fourth-order valence-corrected chi connectivity index (χ4v) is 1.55. The van der Waals surface area contributed by atoms with E-state index in [2.05, 4.69) is 26.2 Å². The van der Waals surface area contributed by atoms with Crippen molar-refractivity contribution in [2.24, 2.45) is 7.05 Å². The molecule has 0 amide bonds. The Morgan fingerprint density at radius 3 is 2.86 bits per heavy atom. The number of carbonyl (C=O) groups is 1. The number of aromatic nitrogens is 3. The summed E-state index contributed by atoms with van der Waals surface area (Å²) in [6.07, 6.45) is 0.901. The Bertz CT molecular complexity index is 305. The number of nitrogens with zero attached hydrogens (tertiary/aromatic N) is 3. The number of hydrogen-bond donors (Lipinski definition) is 0. The minimum absolute atomic E-state index is 0.0770. The van der Waals surface area contributed by atoms with Gasteiger partial charge in [-0.2, -0.15) is 0 Å². The van der Waals surface area contributed by atoms with Crippen molar-refractivity contribution in [3.05, 3.63) is 10.3 Å². The van der Waals surface area contributed by atoms with Gasteiger partial charge in [0.05, 0.1) is 0 Å². The normalized spacial score (nSPS) is 10.5. The lowest BCUT2D eigenvalue weighted by Crippen LogP contribution is -2.14. The Balaban J connectivity index is 2.60.